The summed E-state index contributed by atoms with van der Waals surface area (Å²) in [6, 6.07) is 0. The number of carbonyl (C=O) groups is 2. The molecular formula is C18H33NaO4. The molecule has 0 atom stereocenters. The van der Waals surface area contributed by atoms with E-state index in [0.717, 1.165) is 25.0 Å². The Morgan fingerprint density at radius 2 is 1.13 bits per heavy atom. The fourth-order valence-corrected chi connectivity index (χ4v) is 2.14. The molecule has 0 aliphatic rings. The van der Waals surface area contributed by atoms with Crippen LogP contribution in [0, 0.1) is 0 Å². The van der Waals surface area contributed by atoms with Crippen LogP contribution in [0.25, 0.3) is 0 Å². The molecule has 0 aliphatic heterocycles. The molecular weight excluding hydrogens is 303 g/mol. The number of hydrogen-bond acceptors (Lipinski definition) is 4. The first-order valence-corrected chi connectivity index (χ1v) is 8.72. The number of ether oxygens (including phenoxy) is 2. The van der Waals surface area contributed by atoms with Gasteiger partial charge in [-0.05, 0) is 13.3 Å². The molecule has 5 heteroatoms. The van der Waals surface area contributed by atoms with E-state index in [1.54, 1.807) is 6.92 Å². The first-order chi connectivity index (χ1) is 10.7. The summed E-state index contributed by atoms with van der Waals surface area (Å²) < 4.78 is 9.68. The van der Waals surface area contributed by atoms with Gasteiger partial charge in [-0.1, -0.05) is 64.7 Å². The summed E-state index contributed by atoms with van der Waals surface area (Å²) in [6.07, 6.45) is 14.7. The molecule has 0 rings (SSSR count). The molecule has 0 radical (unpaired) electrons. The average molecular weight is 336 g/mol. The van der Waals surface area contributed by atoms with E-state index >= 15 is 0 Å². The number of rotatable bonds is 14. The van der Waals surface area contributed by atoms with Crippen LogP contribution in [-0.4, -0.2) is 54.7 Å². The molecule has 23 heavy (non-hydrogen) atoms. The van der Waals surface area contributed by atoms with Crippen molar-refractivity contribution in [1.29, 1.82) is 0 Å². The number of esters is 2. The Hall–Kier alpha value is -0.320. The molecule has 0 N–H and O–H groups in total. The molecule has 0 aliphatic carbocycles. The molecule has 4 nitrogen and oxygen atoms in total. The first kappa shape index (κ1) is 24.9. The average Bonchev–Trinajstić information content (AvgIpc) is 2.51. The van der Waals surface area contributed by atoms with Crippen molar-refractivity contribution in [3.05, 3.63) is 12.2 Å². The predicted octanol–water partition coefficient (Wildman–Crippen LogP) is 3.92. The van der Waals surface area contributed by atoms with Crippen LogP contribution in [-0.2, 0) is 19.1 Å². The second-order valence-corrected chi connectivity index (χ2v) is 5.43. The second-order valence-electron chi connectivity index (χ2n) is 5.43. The Labute approximate surface area is 163 Å². The van der Waals surface area contributed by atoms with Crippen molar-refractivity contribution in [2.24, 2.45) is 0 Å². The molecule has 0 amide bonds. The van der Waals surface area contributed by atoms with Crippen LogP contribution in [0.4, 0.5) is 0 Å². The molecule has 0 bridgehead atoms. The molecule has 0 aromatic rings. The Bertz CT molecular complexity index is 316. The maximum absolute atomic E-state index is 11.3. The number of carbonyl (C=O) groups excluding carboxylic acids is 2. The van der Waals surface area contributed by atoms with Crippen molar-refractivity contribution in [3.8, 4) is 0 Å². The van der Waals surface area contributed by atoms with E-state index < -0.39 is 11.9 Å². The van der Waals surface area contributed by atoms with Gasteiger partial charge < -0.3 is 9.47 Å². The quantitative estimate of drug-likeness (QED) is 0.209. The summed E-state index contributed by atoms with van der Waals surface area (Å²) >= 11 is 0. The molecule has 0 aromatic heterocycles. The fourth-order valence-electron chi connectivity index (χ4n) is 2.14. The summed E-state index contributed by atoms with van der Waals surface area (Å²) in [5.74, 6) is -0.998. The van der Waals surface area contributed by atoms with E-state index in [-0.39, 0.29) is 29.6 Å². The van der Waals surface area contributed by atoms with Crippen LogP contribution >= 0.6 is 0 Å². The molecule has 0 fully saturated rings. The van der Waals surface area contributed by atoms with Gasteiger partial charge >= 0.3 is 41.5 Å². The van der Waals surface area contributed by atoms with Crippen LogP contribution < -0.4 is 0 Å². The monoisotopic (exact) mass is 336 g/mol. The van der Waals surface area contributed by atoms with Crippen molar-refractivity contribution in [3.63, 3.8) is 0 Å². The SMILES string of the molecule is CCCCCCCCCCCCOC(=O)/C=C\C(=O)OCC.[NaH]. The van der Waals surface area contributed by atoms with Gasteiger partial charge in [0.15, 0.2) is 0 Å². The molecule has 0 spiro atoms. The van der Waals surface area contributed by atoms with Crippen molar-refractivity contribution in [2.75, 3.05) is 13.2 Å². The predicted molar refractivity (Wildman–Crippen MR) is 95.7 cm³/mol. The molecule has 0 aromatic carbocycles. The van der Waals surface area contributed by atoms with Crippen molar-refractivity contribution in [1.82, 2.24) is 0 Å². The van der Waals surface area contributed by atoms with Crippen LogP contribution in [0.15, 0.2) is 12.2 Å². The molecule has 0 saturated heterocycles. The minimum atomic E-state index is -0.515. The van der Waals surface area contributed by atoms with Crippen molar-refractivity contribution < 1.29 is 19.1 Å². The molecule has 0 saturated carbocycles. The minimum absolute atomic E-state index is 0. The van der Waals surface area contributed by atoms with E-state index in [9.17, 15) is 9.59 Å². The summed E-state index contributed by atoms with van der Waals surface area (Å²) in [5, 5.41) is 0. The van der Waals surface area contributed by atoms with Crippen molar-refractivity contribution in [2.45, 2.75) is 78.1 Å². The summed E-state index contributed by atoms with van der Waals surface area (Å²) in [7, 11) is 0. The van der Waals surface area contributed by atoms with Gasteiger partial charge in [-0.15, -0.1) is 0 Å². The second kappa shape index (κ2) is 19.7. The normalized spacial score (nSPS) is 10.3. The van der Waals surface area contributed by atoms with E-state index in [0.29, 0.717) is 13.2 Å². The third-order valence-corrected chi connectivity index (χ3v) is 3.38. The van der Waals surface area contributed by atoms with Gasteiger partial charge in [-0.25, -0.2) is 9.59 Å². The van der Waals surface area contributed by atoms with Crippen molar-refractivity contribution >= 4 is 41.5 Å². The van der Waals surface area contributed by atoms with Gasteiger partial charge in [0.1, 0.15) is 0 Å². The van der Waals surface area contributed by atoms with Crippen LogP contribution in [0.1, 0.15) is 78.1 Å². The van der Waals surface area contributed by atoms with Gasteiger partial charge in [-0.3, -0.25) is 0 Å². The van der Waals surface area contributed by atoms with Crippen LogP contribution in [0.2, 0.25) is 0 Å². The Morgan fingerprint density at radius 1 is 0.696 bits per heavy atom. The summed E-state index contributed by atoms with van der Waals surface area (Å²) in [4.78, 5) is 22.3. The molecule has 130 valence electrons. The van der Waals surface area contributed by atoms with Crippen LogP contribution in [0.5, 0.6) is 0 Å². The number of hydrogen-bond donors (Lipinski definition) is 0. The maximum atomic E-state index is 11.3. The Balaban J connectivity index is 0. The van der Waals surface area contributed by atoms with Gasteiger partial charge in [0.05, 0.1) is 13.2 Å². The summed E-state index contributed by atoms with van der Waals surface area (Å²) in [6.45, 7) is 4.67. The number of unbranched alkanes of at least 4 members (excludes halogenated alkanes) is 9. The standard InChI is InChI=1S/C18H32O4.Na.H/c1-3-5-6-7-8-9-10-11-12-13-16-22-18(20)15-14-17(19)21-4-2;;/h14-15H,3-13,16H2,1-2H3;;/b15-14-;;. The van der Waals surface area contributed by atoms with Gasteiger partial charge in [0.25, 0.3) is 0 Å². The third kappa shape index (κ3) is 19.6. The molecule has 0 heterocycles. The van der Waals surface area contributed by atoms with E-state index in [1.165, 1.54) is 51.4 Å². The van der Waals surface area contributed by atoms with E-state index in [4.69, 9.17) is 4.74 Å². The van der Waals surface area contributed by atoms with Crippen LogP contribution in [0.3, 0.4) is 0 Å². The van der Waals surface area contributed by atoms with Gasteiger partial charge in [0, 0.05) is 12.2 Å². The zero-order chi connectivity index (χ0) is 16.5. The van der Waals surface area contributed by atoms with Gasteiger partial charge in [-0.2, -0.15) is 0 Å². The summed E-state index contributed by atoms with van der Waals surface area (Å²) in [5.41, 5.74) is 0. The van der Waals surface area contributed by atoms with E-state index in [2.05, 4.69) is 11.7 Å². The van der Waals surface area contributed by atoms with E-state index in [1.807, 2.05) is 0 Å². The topological polar surface area (TPSA) is 52.6 Å². The third-order valence-electron chi connectivity index (χ3n) is 3.38. The Kier molecular flexibility index (Phi) is 21.4. The fraction of sp³-hybridized carbons (Fsp3) is 0.778. The van der Waals surface area contributed by atoms with Gasteiger partial charge in [0.2, 0.25) is 0 Å². The Morgan fingerprint density at radius 3 is 1.61 bits per heavy atom. The zero-order valence-electron chi connectivity index (χ0n) is 14.3. The molecule has 0 unspecified atom stereocenters. The zero-order valence-corrected chi connectivity index (χ0v) is 14.3. The first-order valence-electron chi connectivity index (χ1n) is 8.72.